The molecule has 6 rings (SSSR count). The monoisotopic (exact) mass is 576 g/mol. The van der Waals surface area contributed by atoms with E-state index >= 15 is 0 Å². The van der Waals surface area contributed by atoms with E-state index in [0.29, 0.717) is 5.92 Å². The molecule has 3 unspecified atom stereocenters. The van der Waals surface area contributed by atoms with Crippen LogP contribution in [0.3, 0.4) is 0 Å². The first-order valence-corrected chi connectivity index (χ1v) is 18.6. The Kier molecular flexibility index (Phi) is 11.1. The number of nitrogens with zero attached hydrogens (tertiary/aromatic N) is 4. The van der Waals surface area contributed by atoms with E-state index in [4.69, 9.17) is 4.74 Å². The maximum absolute atomic E-state index is 7.78. The minimum Gasteiger partial charge on any atom is -0.344 e. The molecule has 6 fully saturated rings. The summed E-state index contributed by atoms with van der Waals surface area (Å²) in [6.45, 7) is 14.8. The third kappa shape index (κ3) is 5.91. The van der Waals surface area contributed by atoms with E-state index in [1.54, 1.807) is 0 Å². The summed E-state index contributed by atoms with van der Waals surface area (Å²) >= 11 is 2.34. The zero-order valence-electron chi connectivity index (χ0n) is 25.6. The zero-order valence-corrected chi connectivity index (χ0v) is 26.4. The second kappa shape index (κ2) is 14.7. The van der Waals surface area contributed by atoms with Gasteiger partial charge in [-0.1, -0.05) is 32.1 Å². The van der Waals surface area contributed by atoms with Crippen molar-refractivity contribution in [2.75, 3.05) is 90.9 Å². The fourth-order valence-electron chi connectivity index (χ4n) is 9.46. The maximum atomic E-state index is 7.78. The van der Waals surface area contributed by atoms with Crippen molar-refractivity contribution in [2.45, 2.75) is 107 Å². The van der Waals surface area contributed by atoms with Crippen molar-refractivity contribution in [2.24, 2.45) is 5.92 Å². The first-order chi connectivity index (χ1) is 19.9. The Balaban J connectivity index is 1.59. The number of hydrogen-bond donors (Lipinski definition) is 2. The molecule has 8 heteroatoms. The molecule has 0 radical (unpaired) electrons. The van der Waals surface area contributed by atoms with Gasteiger partial charge in [-0.05, 0) is 70.1 Å². The molecular formula is C32H60N6OS. The smallest absolute Gasteiger partial charge is 0.213 e. The molecule has 2 N–H and O–H groups in total. The van der Waals surface area contributed by atoms with E-state index in [0.717, 1.165) is 57.7 Å². The number of thioether (sulfide) groups is 1. The van der Waals surface area contributed by atoms with Gasteiger partial charge in [-0.15, -0.1) is 0 Å². The van der Waals surface area contributed by atoms with Gasteiger partial charge in [-0.25, -0.2) is 0 Å². The number of rotatable bonds is 5. The van der Waals surface area contributed by atoms with Crippen molar-refractivity contribution in [3.8, 4) is 0 Å². The molecule has 0 aliphatic carbocycles. The molecule has 6 aliphatic heterocycles. The number of likely N-dealkylation sites (tertiary alicyclic amines) is 2. The van der Waals surface area contributed by atoms with Crippen LogP contribution in [0.2, 0.25) is 0 Å². The predicted molar refractivity (Wildman–Crippen MR) is 168 cm³/mol. The molecule has 7 nitrogen and oxygen atoms in total. The molecule has 230 valence electrons. The van der Waals surface area contributed by atoms with E-state index in [9.17, 15) is 0 Å². The molecule has 0 aromatic heterocycles. The Labute approximate surface area is 249 Å². The molecule has 0 bridgehead atoms. The molecule has 3 atom stereocenters. The lowest BCUT2D eigenvalue weighted by molar-refractivity contribution is -0.355. The van der Waals surface area contributed by atoms with Gasteiger partial charge in [0.2, 0.25) is 5.85 Å². The summed E-state index contributed by atoms with van der Waals surface area (Å²) in [5.74, 6) is 1.60. The van der Waals surface area contributed by atoms with Crippen LogP contribution >= 0.6 is 11.8 Å². The van der Waals surface area contributed by atoms with Gasteiger partial charge in [0.05, 0.1) is 6.61 Å². The first kappa shape index (κ1) is 30.1. The van der Waals surface area contributed by atoms with Crippen LogP contribution < -0.4 is 10.6 Å². The fourth-order valence-corrected chi connectivity index (χ4v) is 11.0. The zero-order chi connectivity index (χ0) is 27.1. The molecule has 0 aromatic rings. The molecule has 6 aliphatic rings. The molecule has 0 spiro atoms. The van der Waals surface area contributed by atoms with Crippen LogP contribution in [-0.4, -0.2) is 127 Å². The van der Waals surface area contributed by atoms with Crippen molar-refractivity contribution >= 4 is 11.8 Å². The summed E-state index contributed by atoms with van der Waals surface area (Å²) in [6.07, 6.45) is 18.8. The highest BCUT2D eigenvalue weighted by molar-refractivity contribution is 7.99. The maximum Gasteiger partial charge on any atom is 0.213 e. The van der Waals surface area contributed by atoms with Crippen molar-refractivity contribution in [3.05, 3.63) is 0 Å². The summed E-state index contributed by atoms with van der Waals surface area (Å²) in [7, 11) is 0. The lowest BCUT2D eigenvalue weighted by Gasteiger charge is -2.68. The normalized spacial score (nSPS) is 37.2. The molecule has 0 aromatic carbocycles. The highest BCUT2D eigenvalue weighted by atomic mass is 32.2. The van der Waals surface area contributed by atoms with E-state index in [-0.39, 0.29) is 11.5 Å². The summed E-state index contributed by atoms with van der Waals surface area (Å²) in [6, 6.07) is 0. The minimum atomic E-state index is -0.372. The molecule has 40 heavy (non-hydrogen) atoms. The Morgan fingerprint density at radius 1 is 0.525 bits per heavy atom. The average molecular weight is 577 g/mol. The van der Waals surface area contributed by atoms with Crippen LogP contribution in [0, 0.1) is 5.92 Å². The summed E-state index contributed by atoms with van der Waals surface area (Å²) in [5, 5.41) is 8.30. The number of hydrogen-bond acceptors (Lipinski definition) is 8. The van der Waals surface area contributed by atoms with Gasteiger partial charge in [0.1, 0.15) is 5.66 Å². The second-order valence-electron chi connectivity index (χ2n) is 13.5. The van der Waals surface area contributed by atoms with Gasteiger partial charge < -0.3 is 15.4 Å². The standard InChI is InChI=1S/C32H60N6OS/c1-2-7-20-37(19-6-1)32(38-21-8-3-4-9-22-38)31(36-25-17-34-18-26-36,35-23-12-15-33-16-24-35)29(13-11-27-39-32)30-14-5-10-28-40-30/h29-30,33-34H,1-28H2. The SMILES string of the molecule is C1CCCN(C2(N3CCCCCC3)OCCCC(C3CCCCS3)C2(N2CCCNCC2)N2CCNCC2)CC1. The van der Waals surface area contributed by atoms with E-state index in [1.165, 1.54) is 128 Å². The predicted octanol–water partition coefficient (Wildman–Crippen LogP) is 4.00. The number of ether oxygens (including phenoxy) is 1. The molecule has 6 heterocycles. The highest BCUT2D eigenvalue weighted by Crippen LogP contribution is 2.54. The average Bonchev–Trinajstić information content (AvgIpc) is 3.60. The largest absolute Gasteiger partial charge is 0.344 e. The lowest BCUT2D eigenvalue weighted by atomic mass is 9.75. The highest BCUT2D eigenvalue weighted by Gasteiger charge is 2.69. The van der Waals surface area contributed by atoms with Gasteiger partial charge in [-0.3, -0.25) is 19.6 Å². The fraction of sp³-hybridized carbons (Fsp3) is 1.00. The first-order valence-electron chi connectivity index (χ1n) is 17.5. The van der Waals surface area contributed by atoms with Gasteiger partial charge in [-0.2, -0.15) is 11.8 Å². The molecule has 0 amide bonds. The molecule has 0 saturated carbocycles. The van der Waals surface area contributed by atoms with Crippen LogP contribution in [-0.2, 0) is 4.74 Å². The quantitative estimate of drug-likeness (QED) is 0.510. The van der Waals surface area contributed by atoms with Gasteiger partial charge in [0, 0.05) is 83.2 Å². The third-order valence-corrected chi connectivity index (χ3v) is 12.6. The van der Waals surface area contributed by atoms with Crippen molar-refractivity contribution < 1.29 is 4.74 Å². The van der Waals surface area contributed by atoms with Crippen molar-refractivity contribution in [1.82, 2.24) is 30.2 Å². The van der Waals surface area contributed by atoms with Gasteiger partial charge in [0.25, 0.3) is 0 Å². The van der Waals surface area contributed by atoms with Gasteiger partial charge in [0.15, 0.2) is 0 Å². The summed E-state index contributed by atoms with van der Waals surface area (Å²) in [5.41, 5.74) is -0.124. The number of nitrogens with one attached hydrogen (secondary N) is 2. The summed E-state index contributed by atoms with van der Waals surface area (Å²) in [4.78, 5) is 12.0. The van der Waals surface area contributed by atoms with Crippen LogP contribution in [0.1, 0.15) is 89.9 Å². The Morgan fingerprint density at radius 3 is 1.70 bits per heavy atom. The van der Waals surface area contributed by atoms with Crippen LogP contribution in [0.4, 0.5) is 0 Å². The van der Waals surface area contributed by atoms with E-state index < -0.39 is 0 Å². The lowest BCUT2D eigenvalue weighted by Crippen LogP contribution is -2.87. The molecule has 6 saturated heterocycles. The Bertz CT molecular complexity index is 718. The van der Waals surface area contributed by atoms with Crippen LogP contribution in [0.5, 0.6) is 0 Å². The third-order valence-electron chi connectivity index (χ3n) is 11.1. The van der Waals surface area contributed by atoms with E-state index in [2.05, 4.69) is 42.0 Å². The van der Waals surface area contributed by atoms with Crippen molar-refractivity contribution in [3.63, 3.8) is 0 Å². The number of piperazine rings is 1. The van der Waals surface area contributed by atoms with Crippen LogP contribution in [0.25, 0.3) is 0 Å². The van der Waals surface area contributed by atoms with Gasteiger partial charge >= 0.3 is 0 Å². The minimum absolute atomic E-state index is 0.124. The Hall–Kier alpha value is 0.0700. The van der Waals surface area contributed by atoms with E-state index in [1.807, 2.05) is 0 Å². The van der Waals surface area contributed by atoms with Crippen LogP contribution in [0.15, 0.2) is 0 Å². The second-order valence-corrected chi connectivity index (χ2v) is 14.8. The summed E-state index contributed by atoms with van der Waals surface area (Å²) < 4.78 is 7.78. The molecular weight excluding hydrogens is 516 g/mol. The topological polar surface area (TPSA) is 46.3 Å². The van der Waals surface area contributed by atoms with Crippen molar-refractivity contribution in [1.29, 1.82) is 0 Å². The Morgan fingerprint density at radius 2 is 1.10 bits per heavy atom.